The highest BCUT2D eigenvalue weighted by molar-refractivity contribution is 7.99. The van der Waals surface area contributed by atoms with E-state index in [1.165, 1.54) is 29.5 Å². The number of hydrogen-bond donors (Lipinski definition) is 1. The van der Waals surface area contributed by atoms with Gasteiger partial charge in [0.05, 0.1) is 5.75 Å². The smallest absolute Gasteiger partial charge is 0.230 e. The van der Waals surface area contributed by atoms with Crippen LogP contribution in [0.15, 0.2) is 60.3 Å². The minimum Gasteiger partial charge on any atom is -0.485 e. The molecule has 3 aromatic rings. The number of allylic oxidation sites excluding steroid dienone is 1. The summed E-state index contributed by atoms with van der Waals surface area (Å²) in [5.74, 6) is 1.20. The van der Waals surface area contributed by atoms with Crippen molar-refractivity contribution in [2.75, 3.05) is 5.75 Å². The first-order valence-electron chi connectivity index (χ1n) is 9.83. The number of rotatable bonds is 10. The van der Waals surface area contributed by atoms with Crippen molar-refractivity contribution in [1.29, 1.82) is 0 Å². The van der Waals surface area contributed by atoms with Gasteiger partial charge in [-0.2, -0.15) is 0 Å². The van der Waals surface area contributed by atoms with E-state index in [9.17, 15) is 9.18 Å². The Morgan fingerprint density at radius 2 is 2.00 bits per heavy atom. The normalized spacial score (nSPS) is 10.7. The molecule has 0 bridgehead atoms. The average molecular weight is 441 g/mol. The fraction of sp³-hybridized carbons (Fsp3) is 0.261. The van der Waals surface area contributed by atoms with E-state index in [1.54, 1.807) is 18.2 Å². The Hall–Kier alpha value is -3.13. The largest absolute Gasteiger partial charge is 0.485 e. The lowest BCUT2D eigenvalue weighted by Gasteiger charge is -2.11. The van der Waals surface area contributed by atoms with Gasteiger partial charge in [-0.05, 0) is 43.2 Å². The standard InChI is InChI=1S/C23H25FN4O2S/c1-4-11-28-21(14-30-20-10-5-16(2)12-17(20)3)26-27-23(28)31-15-22(29)25-13-18-6-8-19(24)9-7-18/h4-10,12H,1,11,13-15H2,2-3H3,(H,25,29). The molecule has 0 fully saturated rings. The van der Waals surface area contributed by atoms with Crippen LogP contribution >= 0.6 is 11.8 Å². The molecule has 0 aliphatic rings. The van der Waals surface area contributed by atoms with Crippen LogP contribution in [-0.4, -0.2) is 26.4 Å². The van der Waals surface area contributed by atoms with Gasteiger partial charge in [0.2, 0.25) is 5.91 Å². The first-order chi connectivity index (χ1) is 15.0. The number of hydrogen-bond acceptors (Lipinski definition) is 5. The third-order valence-corrected chi connectivity index (χ3v) is 5.49. The summed E-state index contributed by atoms with van der Waals surface area (Å²) in [7, 11) is 0. The van der Waals surface area contributed by atoms with Crippen LogP contribution in [0.25, 0.3) is 0 Å². The van der Waals surface area contributed by atoms with Crippen molar-refractivity contribution >= 4 is 17.7 Å². The minimum atomic E-state index is -0.301. The van der Waals surface area contributed by atoms with Crippen molar-refractivity contribution in [3.8, 4) is 5.75 Å². The molecule has 0 unspecified atom stereocenters. The second-order valence-corrected chi connectivity index (χ2v) is 7.99. The number of nitrogens with zero attached hydrogens (tertiary/aromatic N) is 3. The fourth-order valence-electron chi connectivity index (χ4n) is 2.93. The summed E-state index contributed by atoms with van der Waals surface area (Å²) in [4.78, 5) is 12.2. The maximum atomic E-state index is 13.0. The second kappa shape index (κ2) is 10.8. The molecule has 0 saturated carbocycles. The summed E-state index contributed by atoms with van der Waals surface area (Å²) in [6.45, 7) is 8.95. The third-order valence-electron chi connectivity index (χ3n) is 4.53. The monoisotopic (exact) mass is 440 g/mol. The molecule has 1 N–H and O–H groups in total. The van der Waals surface area contributed by atoms with Gasteiger partial charge in [0, 0.05) is 13.1 Å². The molecule has 6 nitrogen and oxygen atoms in total. The zero-order valence-electron chi connectivity index (χ0n) is 17.6. The van der Waals surface area contributed by atoms with Crippen LogP contribution in [-0.2, 0) is 24.5 Å². The van der Waals surface area contributed by atoms with Gasteiger partial charge in [-0.1, -0.05) is 47.7 Å². The fourth-order valence-corrected chi connectivity index (χ4v) is 3.73. The average Bonchev–Trinajstić information content (AvgIpc) is 3.13. The quantitative estimate of drug-likeness (QED) is 0.378. The van der Waals surface area contributed by atoms with Crippen molar-refractivity contribution < 1.29 is 13.9 Å². The van der Waals surface area contributed by atoms with Crippen molar-refractivity contribution in [1.82, 2.24) is 20.1 Å². The van der Waals surface area contributed by atoms with Crippen LogP contribution in [0.5, 0.6) is 5.75 Å². The second-order valence-electron chi connectivity index (χ2n) is 7.05. The molecule has 0 aliphatic carbocycles. The summed E-state index contributed by atoms with van der Waals surface area (Å²) in [5.41, 5.74) is 3.07. The third kappa shape index (κ3) is 6.42. The SMILES string of the molecule is C=CCn1c(COc2ccc(C)cc2C)nnc1SCC(=O)NCc1ccc(F)cc1. The van der Waals surface area contributed by atoms with Gasteiger partial charge in [0.15, 0.2) is 11.0 Å². The number of carbonyl (C=O) groups is 1. The van der Waals surface area contributed by atoms with Crippen LogP contribution in [0.3, 0.4) is 0 Å². The van der Waals surface area contributed by atoms with Crippen LogP contribution in [0.1, 0.15) is 22.5 Å². The highest BCUT2D eigenvalue weighted by Crippen LogP contribution is 2.22. The van der Waals surface area contributed by atoms with E-state index in [-0.39, 0.29) is 24.1 Å². The molecule has 0 aliphatic heterocycles. The van der Waals surface area contributed by atoms with Gasteiger partial charge in [0.1, 0.15) is 18.2 Å². The van der Waals surface area contributed by atoms with Gasteiger partial charge in [0.25, 0.3) is 0 Å². The highest BCUT2D eigenvalue weighted by Gasteiger charge is 2.14. The number of benzene rings is 2. The van der Waals surface area contributed by atoms with Gasteiger partial charge in [-0.25, -0.2) is 4.39 Å². The minimum absolute atomic E-state index is 0.143. The number of aryl methyl sites for hydroxylation is 2. The summed E-state index contributed by atoms with van der Waals surface area (Å²) >= 11 is 1.29. The number of aromatic nitrogens is 3. The maximum absolute atomic E-state index is 13.0. The van der Waals surface area contributed by atoms with Crippen LogP contribution < -0.4 is 10.1 Å². The summed E-state index contributed by atoms with van der Waals surface area (Å²) in [5, 5.41) is 11.9. The van der Waals surface area contributed by atoms with E-state index < -0.39 is 0 Å². The Morgan fingerprint density at radius 1 is 1.23 bits per heavy atom. The Morgan fingerprint density at radius 3 is 2.71 bits per heavy atom. The predicted molar refractivity (Wildman–Crippen MR) is 119 cm³/mol. The zero-order valence-corrected chi connectivity index (χ0v) is 18.4. The molecule has 0 saturated heterocycles. The van der Waals surface area contributed by atoms with Crippen molar-refractivity contribution in [2.45, 2.75) is 38.7 Å². The Labute approximate surface area is 185 Å². The summed E-state index contributed by atoms with van der Waals surface area (Å²) in [6.07, 6.45) is 1.75. The molecule has 8 heteroatoms. The van der Waals surface area contributed by atoms with E-state index in [0.29, 0.717) is 24.1 Å². The molecular formula is C23H25FN4O2S. The Bertz CT molecular complexity index is 1050. The molecule has 3 rings (SSSR count). The Balaban J connectivity index is 1.57. The van der Waals surface area contributed by atoms with Crippen LogP contribution in [0.4, 0.5) is 4.39 Å². The topological polar surface area (TPSA) is 69.0 Å². The van der Waals surface area contributed by atoms with E-state index in [0.717, 1.165) is 16.9 Å². The molecule has 0 atom stereocenters. The lowest BCUT2D eigenvalue weighted by Crippen LogP contribution is -2.24. The van der Waals surface area contributed by atoms with E-state index in [2.05, 4.69) is 28.2 Å². The lowest BCUT2D eigenvalue weighted by molar-refractivity contribution is -0.118. The van der Waals surface area contributed by atoms with E-state index >= 15 is 0 Å². The molecule has 162 valence electrons. The van der Waals surface area contributed by atoms with Gasteiger partial charge >= 0.3 is 0 Å². The lowest BCUT2D eigenvalue weighted by atomic mass is 10.1. The molecule has 1 amide bonds. The number of ether oxygens (including phenoxy) is 1. The van der Waals surface area contributed by atoms with E-state index in [1.807, 2.05) is 30.5 Å². The molecular weight excluding hydrogens is 415 g/mol. The molecule has 31 heavy (non-hydrogen) atoms. The summed E-state index contributed by atoms with van der Waals surface area (Å²) in [6, 6.07) is 12.0. The number of thioether (sulfide) groups is 1. The highest BCUT2D eigenvalue weighted by atomic mass is 32.2. The zero-order chi connectivity index (χ0) is 22.2. The van der Waals surface area contributed by atoms with Crippen LogP contribution in [0, 0.1) is 19.7 Å². The molecule has 0 spiro atoms. The number of nitrogens with one attached hydrogen (secondary N) is 1. The number of carbonyl (C=O) groups excluding carboxylic acids is 1. The van der Waals surface area contributed by atoms with Gasteiger partial charge in [-0.3, -0.25) is 9.36 Å². The maximum Gasteiger partial charge on any atom is 0.230 e. The van der Waals surface area contributed by atoms with Crippen molar-refractivity contribution in [3.05, 3.63) is 83.5 Å². The number of halogens is 1. The van der Waals surface area contributed by atoms with Gasteiger partial charge in [-0.15, -0.1) is 16.8 Å². The molecule has 1 aromatic heterocycles. The predicted octanol–water partition coefficient (Wildman–Crippen LogP) is 4.21. The van der Waals surface area contributed by atoms with E-state index in [4.69, 9.17) is 4.74 Å². The summed E-state index contributed by atoms with van der Waals surface area (Å²) < 4.78 is 20.8. The Kier molecular flexibility index (Phi) is 7.83. The molecule has 1 heterocycles. The van der Waals surface area contributed by atoms with Crippen LogP contribution in [0.2, 0.25) is 0 Å². The molecule has 2 aromatic carbocycles. The first kappa shape index (κ1) is 22.6. The number of amides is 1. The molecule has 0 radical (unpaired) electrons. The van der Waals surface area contributed by atoms with Gasteiger partial charge < -0.3 is 10.1 Å². The first-order valence-corrected chi connectivity index (χ1v) is 10.8. The van der Waals surface area contributed by atoms with Crippen molar-refractivity contribution in [2.24, 2.45) is 0 Å². The van der Waals surface area contributed by atoms with Crippen molar-refractivity contribution in [3.63, 3.8) is 0 Å².